The van der Waals surface area contributed by atoms with E-state index in [-0.39, 0.29) is 0 Å². The number of fused-ring (bicyclic) bond motifs is 8. The number of hydrogen-bond acceptors (Lipinski definition) is 3. The van der Waals surface area contributed by atoms with Gasteiger partial charge in [0.25, 0.3) is 0 Å². The molecule has 5 nitrogen and oxygen atoms in total. The summed E-state index contributed by atoms with van der Waals surface area (Å²) in [7, 11) is 0. The Morgan fingerprint density at radius 3 is 1.59 bits per heavy atom. The van der Waals surface area contributed by atoms with Gasteiger partial charge >= 0.3 is 0 Å². The van der Waals surface area contributed by atoms with Crippen LogP contribution in [-0.2, 0) is 0 Å². The van der Waals surface area contributed by atoms with Gasteiger partial charge in [-0.3, -0.25) is 0 Å². The molecule has 64 heavy (non-hydrogen) atoms. The third-order valence-electron chi connectivity index (χ3n) is 12.7. The van der Waals surface area contributed by atoms with Crippen LogP contribution in [0.4, 0.5) is 0 Å². The Balaban J connectivity index is 1.12. The SMILES string of the molecule is c1ccc(-c2ccc(-c3nc(-c4ccc5ccccc5c4-n4c5ccccc5c5cc6ccccc6cc54)nc(-c4cccc5c4c4ccccc4n5-c4ccccc4)n3)cc2)cc1. The average molecular weight is 816 g/mol. The Bertz CT molecular complexity index is 3940. The molecule has 0 N–H and O–H groups in total. The van der Waals surface area contributed by atoms with E-state index in [2.05, 4.69) is 228 Å². The smallest absolute Gasteiger partial charge is 0.166 e. The van der Waals surface area contributed by atoms with Crippen molar-refractivity contribution in [2.24, 2.45) is 0 Å². The Kier molecular flexibility index (Phi) is 8.15. The van der Waals surface area contributed by atoms with Crippen LogP contribution in [0.5, 0.6) is 0 Å². The molecular weight excluding hydrogens is 779 g/mol. The van der Waals surface area contributed by atoms with Crippen molar-refractivity contribution in [2.75, 3.05) is 0 Å². The second kappa shape index (κ2) is 14.5. The highest BCUT2D eigenvalue weighted by Gasteiger charge is 2.24. The normalized spacial score (nSPS) is 11.8. The Labute approximate surface area is 368 Å². The van der Waals surface area contributed by atoms with Crippen LogP contribution in [0.15, 0.2) is 224 Å². The molecule has 3 aromatic heterocycles. The van der Waals surface area contributed by atoms with Crippen LogP contribution in [0.25, 0.3) is 122 Å². The summed E-state index contributed by atoms with van der Waals surface area (Å²) in [6, 6.07) is 79.8. The minimum absolute atomic E-state index is 0.600. The zero-order valence-corrected chi connectivity index (χ0v) is 34.6. The van der Waals surface area contributed by atoms with Gasteiger partial charge in [-0.15, -0.1) is 0 Å². The summed E-state index contributed by atoms with van der Waals surface area (Å²) in [4.78, 5) is 16.4. The van der Waals surface area contributed by atoms with Crippen LogP contribution < -0.4 is 0 Å². The first kappa shape index (κ1) is 36.0. The quantitative estimate of drug-likeness (QED) is 0.168. The van der Waals surface area contributed by atoms with Gasteiger partial charge in [-0.25, -0.2) is 15.0 Å². The van der Waals surface area contributed by atoms with E-state index in [1.54, 1.807) is 0 Å². The van der Waals surface area contributed by atoms with Crippen molar-refractivity contribution in [1.29, 1.82) is 0 Å². The predicted octanol–water partition coefficient (Wildman–Crippen LogP) is 15.0. The van der Waals surface area contributed by atoms with Crippen LogP contribution in [0.3, 0.4) is 0 Å². The van der Waals surface area contributed by atoms with Gasteiger partial charge < -0.3 is 9.13 Å². The topological polar surface area (TPSA) is 48.5 Å². The maximum absolute atomic E-state index is 5.55. The number of benzene rings is 10. The van der Waals surface area contributed by atoms with E-state index in [1.165, 1.54) is 21.5 Å². The highest BCUT2D eigenvalue weighted by molar-refractivity contribution is 6.17. The van der Waals surface area contributed by atoms with Crippen molar-refractivity contribution in [1.82, 2.24) is 24.1 Å². The molecule has 298 valence electrons. The molecule has 0 bridgehead atoms. The van der Waals surface area contributed by atoms with Crippen molar-refractivity contribution < 1.29 is 0 Å². The molecule has 0 radical (unpaired) electrons. The molecule has 0 unspecified atom stereocenters. The van der Waals surface area contributed by atoms with Crippen LogP contribution in [-0.4, -0.2) is 24.1 Å². The lowest BCUT2D eigenvalue weighted by Crippen LogP contribution is -2.04. The van der Waals surface area contributed by atoms with E-state index in [4.69, 9.17) is 15.0 Å². The van der Waals surface area contributed by atoms with Crippen LogP contribution in [0.1, 0.15) is 0 Å². The fourth-order valence-corrected chi connectivity index (χ4v) is 9.82. The first-order valence-electron chi connectivity index (χ1n) is 21.7. The van der Waals surface area contributed by atoms with Crippen molar-refractivity contribution in [3.05, 3.63) is 224 Å². The standard InChI is InChI=1S/C59H37N5/c1-3-16-38(17-4-1)39-30-32-41(33-31-39)57-60-58(48-26-15-29-53-55(48)47-25-12-14-28-52(47)63(53)44-21-5-2-6-22-44)62-59(61-57)49-35-34-40-18-9-10-23-45(40)56(49)64-51-27-13-11-24-46(51)50-36-42-19-7-8-20-43(42)37-54(50)64/h1-37H. The molecule has 13 rings (SSSR count). The van der Waals surface area contributed by atoms with E-state index in [1.807, 2.05) is 6.07 Å². The maximum Gasteiger partial charge on any atom is 0.166 e. The molecule has 0 atom stereocenters. The molecule has 0 aliphatic heterocycles. The maximum atomic E-state index is 5.55. The summed E-state index contributed by atoms with van der Waals surface area (Å²) >= 11 is 0. The summed E-state index contributed by atoms with van der Waals surface area (Å²) in [5, 5.41) is 9.27. The third kappa shape index (κ3) is 5.68. The Hall–Kier alpha value is -8.67. The minimum atomic E-state index is 0.600. The van der Waals surface area contributed by atoms with Gasteiger partial charge in [-0.2, -0.15) is 0 Å². The lowest BCUT2D eigenvalue weighted by molar-refractivity contribution is 1.07. The van der Waals surface area contributed by atoms with Crippen molar-refractivity contribution in [2.45, 2.75) is 0 Å². The van der Waals surface area contributed by atoms with E-state index < -0.39 is 0 Å². The Morgan fingerprint density at radius 1 is 0.281 bits per heavy atom. The lowest BCUT2D eigenvalue weighted by Gasteiger charge is -2.17. The minimum Gasteiger partial charge on any atom is -0.309 e. The number of para-hydroxylation sites is 3. The highest BCUT2D eigenvalue weighted by atomic mass is 15.1. The summed E-state index contributed by atoms with van der Waals surface area (Å²) in [6.45, 7) is 0. The molecule has 13 aromatic rings. The van der Waals surface area contributed by atoms with Crippen molar-refractivity contribution in [3.63, 3.8) is 0 Å². The zero-order valence-electron chi connectivity index (χ0n) is 34.6. The summed E-state index contributed by atoms with van der Waals surface area (Å²) in [5.74, 6) is 1.82. The van der Waals surface area contributed by atoms with Gasteiger partial charge in [0.1, 0.15) is 0 Å². The van der Waals surface area contributed by atoms with E-state index in [0.29, 0.717) is 17.5 Å². The molecule has 10 aromatic carbocycles. The van der Waals surface area contributed by atoms with Crippen LogP contribution in [0, 0.1) is 0 Å². The molecule has 0 aliphatic rings. The zero-order chi connectivity index (χ0) is 42.1. The summed E-state index contributed by atoms with van der Waals surface area (Å²) in [5.41, 5.74) is 11.6. The average Bonchev–Trinajstić information content (AvgIpc) is 3.88. The largest absolute Gasteiger partial charge is 0.309 e. The number of rotatable bonds is 6. The van der Waals surface area contributed by atoms with Gasteiger partial charge in [0.15, 0.2) is 17.5 Å². The number of nitrogens with zero attached hydrogens (tertiary/aromatic N) is 5. The fraction of sp³-hybridized carbons (Fsp3) is 0. The van der Waals surface area contributed by atoms with Crippen LogP contribution >= 0.6 is 0 Å². The first-order chi connectivity index (χ1) is 31.7. The molecule has 0 spiro atoms. The Morgan fingerprint density at radius 2 is 0.828 bits per heavy atom. The molecule has 0 aliphatic carbocycles. The van der Waals surface area contributed by atoms with Gasteiger partial charge in [0.05, 0.1) is 27.8 Å². The van der Waals surface area contributed by atoms with Gasteiger partial charge in [-0.05, 0) is 75.8 Å². The van der Waals surface area contributed by atoms with E-state index in [0.717, 1.165) is 82.8 Å². The fourth-order valence-electron chi connectivity index (χ4n) is 9.82. The summed E-state index contributed by atoms with van der Waals surface area (Å²) < 4.78 is 4.77. The molecule has 0 fully saturated rings. The van der Waals surface area contributed by atoms with Gasteiger partial charge in [-0.1, -0.05) is 176 Å². The van der Waals surface area contributed by atoms with Crippen molar-refractivity contribution in [3.8, 4) is 56.7 Å². The molecule has 0 saturated heterocycles. The summed E-state index contributed by atoms with van der Waals surface area (Å²) in [6.07, 6.45) is 0. The number of hydrogen-bond donors (Lipinski definition) is 0. The van der Waals surface area contributed by atoms with Crippen molar-refractivity contribution >= 4 is 65.2 Å². The molecule has 5 heteroatoms. The highest BCUT2D eigenvalue weighted by Crippen LogP contribution is 2.43. The van der Waals surface area contributed by atoms with Gasteiger partial charge in [0, 0.05) is 49.3 Å². The lowest BCUT2D eigenvalue weighted by atomic mass is 10.0. The first-order valence-corrected chi connectivity index (χ1v) is 21.7. The van der Waals surface area contributed by atoms with Gasteiger partial charge in [0.2, 0.25) is 0 Å². The van der Waals surface area contributed by atoms with E-state index in [9.17, 15) is 0 Å². The van der Waals surface area contributed by atoms with Crippen LogP contribution in [0.2, 0.25) is 0 Å². The molecule has 0 saturated carbocycles. The second-order valence-corrected chi connectivity index (χ2v) is 16.4. The predicted molar refractivity (Wildman–Crippen MR) is 265 cm³/mol. The number of aromatic nitrogens is 5. The monoisotopic (exact) mass is 815 g/mol. The molecule has 0 amide bonds. The molecular formula is C59H37N5. The third-order valence-corrected chi connectivity index (χ3v) is 12.7. The van der Waals surface area contributed by atoms with E-state index >= 15 is 0 Å². The molecule has 3 heterocycles. The second-order valence-electron chi connectivity index (χ2n) is 16.4.